The van der Waals surface area contributed by atoms with Gasteiger partial charge >= 0.3 is 13.9 Å². The van der Waals surface area contributed by atoms with Crippen LogP contribution in [0.3, 0.4) is 0 Å². The van der Waals surface area contributed by atoms with Crippen LogP contribution in [0.25, 0.3) is 0 Å². The van der Waals surface area contributed by atoms with Gasteiger partial charge in [-0.1, -0.05) is 0 Å². The van der Waals surface area contributed by atoms with Crippen LogP contribution in [-0.4, -0.2) is 24.8 Å². The first-order valence-corrected chi connectivity index (χ1v) is 3.85. The van der Waals surface area contributed by atoms with E-state index in [-0.39, 0.29) is 11.6 Å². The van der Waals surface area contributed by atoms with Crippen molar-refractivity contribution in [1.29, 1.82) is 0 Å². The Morgan fingerprint density at radius 2 is 2.07 bits per heavy atom. The van der Waals surface area contributed by atoms with Crippen LogP contribution in [0.5, 0.6) is 11.6 Å². The highest BCUT2D eigenvalue weighted by molar-refractivity contribution is 6.17. The van der Waals surface area contributed by atoms with Gasteiger partial charge in [-0.15, -0.1) is 0 Å². The molecule has 0 spiro atoms. The fraction of sp³-hybridized carbons (Fsp3) is 0.286. The van der Waals surface area contributed by atoms with Gasteiger partial charge < -0.3 is 14.4 Å². The lowest BCUT2D eigenvalue weighted by atomic mass is 10.3. The molecule has 1 rings (SSSR count). The van der Waals surface area contributed by atoms with Gasteiger partial charge in [0.15, 0.2) is 5.75 Å². The highest BCUT2D eigenvalue weighted by Crippen LogP contribution is 2.32. The van der Waals surface area contributed by atoms with Crippen molar-refractivity contribution < 1.29 is 27.6 Å². The van der Waals surface area contributed by atoms with Gasteiger partial charge in [-0.25, -0.2) is 4.98 Å². The van der Waals surface area contributed by atoms with Crippen LogP contribution >= 0.6 is 0 Å². The number of hydrogen-bond acceptors (Lipinski definition) is 4. The third-order valence-corrected chi connectivity index (χ3v) is 1.53. The van der Waals surface area contributed by atoms with Crippen molar-refractivity contribution in [3.63, 3.8) is 0 Å². The summed E-state index contributed by atoms with van der Waals surface area (Å²) in [6, 6.07) is 1.78. The zero-order chi connectivity index (χ0) is 11.5. The van der Waals surface area contributed by atoms with Crippen molar-refractivity contribution in [3.8, 4) is 11.6 Å². The Bertz CT molecular complexity index is 345. The molecule has 0 bridgehead atoms. The monoisotopic (exact) mass is 221 g/mol. The number of hydrogen-bond donors (Lipinski definition) is 1. The van der Waals surface area contributed by atoms with Gasteiger partial charge in [0.2, 0.25) is 0 Å². The van der Waals surface area contributed by atoms with Crippen molar-refractivity contribution in [2.24, 2.45) is 0 Å². The van der Waals surface area contributed by atoms with E-state index in [2.05, 4.69) is 14.4 Å². The van der Waals surface area contributed by atoms with Gasteiger partial charge in [0.25, 0.3) is 5.88 Å². The molecule has 0 radical (unpaired) electrons. The van der Waals surface area contributed by atoms with E-state index in [0.717, 1.165) is 19.2 Å². The SMILES string of the molecule is COc1nc(C(F)(F)F)ccc1OBO. The maximum Gasteiger partial charge on any atom is 0.504 e. The molecular weight excluding hydrogens is 214 g/mol. The Labute approximate surface area is 84.0 Å². The normalized spacial score (nSPS) is 11.0. The van der Waals surface area contributed by atoms with Crippen molar-refractivity contribution in [2.45, 2.75) is 6.18 Å². The van der Waals surface area contributed by atoms with E-state index in [1.807, 2.05) is 0 Å². The molecule has 0 aromatic carbocycles. The molecule has 0 aliphatic heterocycles. The van der Waals surface area contributed by atoms with Crippen LogP contribution in [0.4, 0.5) is 13.2 Å². The summed E-state index contributed by atoms with van der Waals surface area (Å²) in [5, 5.41) is 8.44. The predicted octanol–water partition coefficient (Wildman–Crippen LogP) is 0.747. The summed E-state index contributed by atoms with van der Waals surface area (Å²) >= 11 is 0. The molecule has 0 saturated heterocycles. The fourth-order valence-corrected chi connectivity index (χ4v) is 0.911. The summed E-state index contributed by atoms with van der Waals surface area (Å²) in [5.41, 5.74) is -1.08. The number of rotatable bonds is 3. The maximum atomic E-state index is 12.2. The lowest BCUT2D eigenvalue weighted by molar-refractivity contribution is -0.141. The molecule has 4 nitrogen and oxygen atoms in total. The van der Waals surface area contributed by atoms with Gasteiger partial charge in [0.1, 0.15) is 5.69 Å². The molecule has 0 unspecified atom stereocenters. The Morgan fingerprint density at radius 3 is 2.53 bits per heavy atom. The molecule has 0 aliphatic carbocycles. The molecule has 0 amide bonds. The molecule has 1 aromatic rings. The summed E-state index contributed by atoms with van der Waals surface area (Å²) in [6.45, 7) is 0. The number of alkyl halides is 3. The van der Waals surface area contributed by atoms with E-state index in [1.54, 1.807) is 0 Å². The molecule has 0 atom stereocenters. The molecular formula is C7H7BF3NO3. The summed E-state index contributed by atoms with van der Waals surface area (Å²) in [6.07, 6.45) is -4.54. The van der Waals surface area contributed by atoms with Gasteiger partial charge in [0.05, 0.1) is 7.11 Å². The number of aromatic nitrogens is 1. The third-order valence-electron chi connectivity index (χ3n) is 1.53. The summed E-state index contributed by atoms with van der Waals surface area (Å²) in [5.74, 6) is -0.369. The highest BCUT2D eigenvalue weighted by Gasteiger charge is 2.33. The fourth-order valence-electron chi connectivity index (χ4n) is 0.911. The van der Waals surface area contributed by atoms with E-state index in [4.69, 9.17) is 5.02 Å². The Morgan fingerprint density at radius 1 is 1.40 bits per heavy atom. The smallest absolute Gasteiger partial charge is 0.504 e. The largest absolute Gasteiger partial charge is 0.535 e. The zero-order valence-electron chi connectivity index (χ0n) is 7.71. The van der Waals surface area contributed by atoms with Crippen LogP contribution in [0.2, 0.25) is 0 Å². The minimum atomic E-state index is -4.54. The molecule has 0 aliphatic rings. The zero-order valence-corrected chi connectivity index (χ0v) is 7.71. The molecule has 8 heteroatoms. The summed E-state index contributed by atoms with van der Waals surface area (Å²) in [7, 11) is 0.496. The van der Waals surface area contributed by atoms with Crippen molar-refractivity contribution in [2.75, 3.05) is 7.11 Å². The summed E-state index contributed by atoms with van der Waals surface area (Å²) in [4.78, 5) is 3.20. The van der Waals surface area contributed by atoms with Gasteiger partial charge in [0, 0.05) is 0 Å². The second-order valence-corrected chi connectivity index (χ2v) is 2.48. The predicted molar refractivity (Wildman–Crippen MR) is 45.8 cm³/mol. The Balaban J connectivity index is 3.08. The molecule has 0 saturated carbocycles. The first kappa shape index (κ1) is 11.6. The maximum absolute atomic E-state index is 12.2. The number of nitrogens with zero attached hydrogens (tertiary/aromatic N) is 1. The molecule has 1 aromatic heterocycles. The average Bonchev–Trinajstić information content (AvgIpc) is 2.17. The van der Waals surface area contributed by atoms with Crippen LogP contribution in [-0.2, 0) is 6.18 Å². The Kier molecular flexibility index (Phi) is 3.41. The second-order valence-electron chi connectivity index (χ2n) is 2.48. The van der Waals surface area contributed by atoms with Crippen molar-refractivity contribution >= 4 is 7.69 Å². The minimum Gasteiger partial charge on any atom is -0.535 e. The molecule has 0 fully saturated rings. The quantitative estimate of drug-likeness (QED) is 0.765. The lowest BCUT2D eigenvalue weighted by Crippen LogP contribution is -2.10. The lowest BCUT2D eigenvalue weighted by Gasteiger charge is -2.10. The third kappa shape index (κ3) is 2.75. The number of halogens is 3. The first-order valence-electron chi connectivity index (χ1n) is 3.85. The van der Waals surface area contributed by atoms with E-state index in [0.29, 0.717) is 0 Å². The molecule has 82 valence electrons. The van der Waals surface area contributed by atoms with Crippen LogP contribution in [0.15, 0.2) is 12.1 Å². The second kappa shape index (κ2) is 4.39. The molecule has 1 heterocycles. The van der Waals surface area contributed by atoms with Crippen LogP contribution in [0, 0.1) is 0 Å². The highest BCUT2D eigenvalue weighted by atomic mass is 19.4. The standard InChI is InChI=1S/C7H7BF3NO3/c1-14-6-4(15-8-13)2-3-5(12-6)7(9,10)11/h2-3,8,13H,1H3. The summed E-state index contributed by atoms with van der Waals surface area (Å²) < 4.78 is 45.8. The minimum absolute atomic E-state index is 0.0481. The number of ether oxygens (including phenoxy) is 1. The van der Waals surface area contributed by atoms with Gasteiger partial charge in [-0.2, -0.15) is 13.2 Å². The van der Waals surface area contributed by atoms with Gasteiger partial charge in [-0.05, 0) is 12.1 Å². The molecule has 15 heavy (non-hydrogen) atoms. The Hall–Kier alpha value is -1.44. The molecule has 1 N–H and O–H groups in total. The van der Waals surface area contributed by atoms with E-state index < -0.39 is 19.6 Å². The van der Waals surface area contributed by atoms with E-state index >= 15 is 0 Å². The van der Waals surface area contributed by atoms with Crippen molar-refractivity contribution in [1.82, 2.24) is 4.98 Å². The van der Waals surface area contributed by atoms with Gasteiger partial charge in [-0.3, -0.25) is 0 Å². The number of methoxy groups -OCH3 is 1. The first-order chi connectivity index (χ1) is 6.99. The number of pyridine rings is 1. The van der Waals surface area contributed by atoms with E-state index in [1.165, 1.54) is 0 Å². The van der Waals surface area contributed by atoms with Crippen LogP contribution < -0.4 is 9.39 Å². The topological polar surface area (TPSA) is 51.6 Å². The van der Waals surface area contributed by atoms with Crippen molar-refractivity contribution in [3.05, 3.63) is 17.8 Å². The van der Waals surface area contributed by atoms with Crippen LogP contribution in [0.1, 0.15) is 5.69 Å². The van der Waals surface area contributed by atoms with E-state index in [9.17, 15) is 13.2 Å². The average molecular weight is 221 g/mol.